The van der Waals surface area contributed by atoms with Crippen molar-refractivity contribution in [1.29, 1.82) is 0 Å². The molecule has 0 spiro atoms. The minimum Gasteiger partial charge on any atom is -0.495 e. The van der Waals surface area contributed by atoms with Crippen molar-refractivity contribution in [3.8, 4) is 28.5 Å². The highest BCUT2D eigenvalue weighted by Gasteiger charge is 2.28. The summed E-state index contributed by atoms with van der Waals surface area (Å²) < 4.78 is 21.4. The van der Waals surface area contributed by atoms with Crippen LogP contribution in [0.25, 0.3) is 11.3 Å². The molecule has 1 aliphatic rings. The van der Waals surface area contributed by atoms with Gasteiger partial charge in [-0.25, -0.2) is 4.79 Å². The van der Waals surface area contributed by atoms with E-state index in [4.69, 9.17) is 23.8 Å². The van der Waals surface area contributed by atoms with Gasteiger partial charge in [-0.3, -0.25) is 0 Å². The summed E-state index contributed by atoms with van der Waals surface area (Å²) in [5, 5.41) is 12.6. The van der Waals surface area contributed by atoms with Gasteiger partial charge in [0.25, 0.3) is 0 Å². The minimum atomic E-state index is -1.20. The molecule has 1 N–H and O–H groups in total. The number of ether oxygens (including phenoxy) is 3. The zero-order valence-corrected chi connectivity index (χ0v) is 11.8. The van der Waals surface area contributed by atoms with E-state index in [-0.39, 0.29) is 12.6 Å². The Bertz CT molecular complexity index is 692. The van der Waals surface area contributed by atoms with Crippen LogP contribution in [0.4, 0.5) is 0 Å². The molecule has 0 amide bonds. The lowest BCUT2D eigenvalue weighted by atomic mass is 10.1. The maximum Gasteiger partial charge on any atom is 0.374 e. The van der Waals surface area contributed by atoms with Crippen LogP contribution >= 0.6 is 15.9 Å². The average molecular weight is 342 g/mol. The van der Waals surface area contributed by atoms with E-state index in [9.17, 15) is 4.79 Å². The van der Waals surface area contributed by atoms with E-state index < -0.39 is 5.97 Å². The molecule has 0 saturated heterocycles. The summed E-state index contributed by atoms with van der Waals surface area (Å²) in [5.74, 6) is -0.0523. The highest BCUT2D eigenvalue weighted by molar-refractivity contribution is 9.10. The number of hydrogen-bond donors (Lipinski definition) is 1. The molecule has 0 unspecified atom stereocenters. The lowest BCUT2D eigenvalue weighted by Gasteiger charge is -2.11. The SMILES string of the molecule is COc1c(Br)cc2c(c1-c1cc(C(=O)O)on1)OCO2. The van der Waals surface area contributed by atoms with Gasteiger partial charge in [-0.05, 0) is 15.9 Å². The van der Waals surface area contributed by atoms with Crippen molar-refractivity contribution in [3.05, 3.63) is 22.4 Å². The summed E-state index contributed by atoms with van der Waals surface area (Å²) in [6.45, 7) is 0.0750. The predicted molar refractivity (Wildman–Crippen MR) is 69.3 cm³/mol. The number of fused-ring (bicyclic) bond motifs is 1. The molecule has 1 aromatic carbocycles. The second-order valence-electron chi connectivity index (χ2n) is 3.88. The van der Waals surface area contributed by atoms with Gasteiger partial charge in [-0.1, -0.05) is 5.16 Å². The average Bonchev–Trinajstić information content (AvgIpc) is 3.05. The maximum absolute atomic E-state index is 10.9. The van der Waals surface area contributed by atoms with Crippen LogP contribution in [-0.4, -0.2) is 30.1 Å². The number of hydrogen-bond acceptors (Lipinski definition) is 6. The molecule has 0 atom stereocenters. The number of nitrogens with zero attached hydrogens (tertiary/aromatic N) is 1. The third kappa shape index (κ3) is 1.88. The van der Waals surface area contributed by atoms with Crippen LogP contribution in [0.15, 0.2) is 21.1 Å². The van der Waals surface area contributed by atoms with Crippen LogP contribution in [0.5, 0.6) is 17.2 Å². The van der Waals surface area contributed by atoms with Gasteiger partial charge in [0.05, 0.1) is 17.1 Å². The molecule has 3 rings (SSSR count). The van der Waals surface area contributed by atoms with Crippen LogP contribution in [0, 0.1) is 0 Å². The van der Waals surface area contributed by atoms with Gasteiger partial charge in [-0.2, -0.15) is 0 Å². The number of carboxylic acid groups (broad SMARTS) is 1. The van der Waals surface area contributed by atoms with E-state index in [2.05, 4.69) is 21.1 Å². The van der Waals surface area contributed by atoms with Gasteiger partial charge in [0, 0.05) is 12.1 Å². The second kappa shape index (κ2) is 4.71. The lowest BCUT2D eigenvalue weighted by Crippen LogP contribution is -1.95. The molecule has 2 heterocycles. The fourth-order valence-corrected chi connectivity index (χ4v) is 2.49. The normalized spacial score (nSPS) is 12.5. The zero-order chi connectivity index (χ0) is 14.3. The number of benzene rings is 1. The molecular weight excluding hydrogens is 334 g/mol. The van der Waals surface area contributed by atoms with Crippen molar-refractivity contribution >= 4 is 21.9 Å². The van der Waals surface area contributed by atoms with Crippen molar-refractivity contribution in [1.82, 2.24) is 5.16 Å². The number of methoxy groups -OCH3 is 1. The highest BCUT2D eigenvalue weighted by atomic mass is 79.9. The number of carbonyl (C=O) groups is 1. The first-order chi connectivity index (χ1) is 9.61. The second-order valence-corrected chi connectivity index (χ2v) is 4.74. The molecule has 0 bridgehead atoms. The first-order valence-corrected chi connectivity index (χ1v) is 6.27. The quantitative estimate of drug-likeness (QED) is 0.916. The topological polar surface area (TPSA) is 91.0 Å². The Kier molecular flexibility index (Phi) is 3.01. The number of aromatic carboxylic acids is 1. The van der Waals surface area contributed by atoms with E-state index in [1.807, 2.05) is 0 Å². The fourth-order valence-electron chi connectivity index (χ4n) is 1.92. The first kappa shape index (κ1) is 12.8. The summed E-state index contributed by atoms with van der Waals surface area (Å²) >= 11 is 3.36. The summed E-state index contributed by atoms with van der Waals surface area (Å²) in [6, 6.07) is 3.01. The maximum atomic E-state index is 10.9. The first-order valence-electron chi connectivity index (χ1n) is 5.48. The van der Waals surface area contributed by atoms with E-state index in [0.29, 0.717) is 33.0 Å². The highest BCUT2D eigenvalue weighted by Crippen LogP contribution is 2.50. The monoisotopic (exact) mass is 341 g/mol. The van der Waals surface area contributed by atoms with Crippen molar-refractivity contribution < 1.29 is 28.6 Å². The summed E-state index contributed by atoms with van der Waals surface area (Å²) in [4.78, 5) is 10.9. The Balaban J connectivity index is 2.23. The van der Waals surface area contributed by atoms with Gasteiger partial charge in [0.15, 0.2) is 11.5 Å². The van der Waals surface area contributed by atoms with Gasteiger partial charge >= 0.3 is 5.97 Å². The van der Waals surface area contributed by atoms with Gasteiger partial charge in [0.1, 0.15) is 11.4 Å². The van der Waals surface area contributed by atoms with E-state index in [1.54, 1.807) is 6.07 Å². The number of halogens is 1. The third-order valence-electron chi connectivity index (χ3n) is 2.75. The minimum absolute atomic E-state index is 0.0750. The number of rotatable bonds is 3. The van der Waals surface area contributed by atoms with Crippen molar-refractivity contribution in [2.75, 3.05) is 13.9 Å². The Morgan fingerprint density at radius 1 is 1.45 bits per heavy atom. The Hall–Kier alpha value is -2.22. The molecule has 7 nitrogen and oxygen atoms in total. The van der Waals surface area contributed by atoms with E-state index >= 15 is 0 Å². The van der Waals surface area contributed by atoms with Crippen LogP contribution in [0.1, 0.15) is 10.6 Å². The van der Waals surface area contributed by atoms with Gasteiger partial charge in [0.2, 0.25) is 12.6 Å². The van der Waals surface area contributed by atoms with Crippen molar-refractivity contribution in [2.45, 2.75) is 0 Å². The summed E-state index contributed by atoms with van der Waals surface area (Å²) in [5.41, 5.74) is 0.771. The summed E-state index contributed by atoms with van der Waals surface area (Å²) in [7, 11) is 1.49. The van der Waals surface area contributed by atoms with E-state index in [0.717, 1.165) is 0 Å². The van der Waals surface area contributed by atoms with E-state index in [1.165, 1.54) is 13.2 Å². The fraction of sp³-hybridized carbons (Fsp3) is 0.167. The number of aromatic nitrogens is 1. The Morgan fingerprint density at radius 3 is 2.90 bits per heavy atom. The van der Waals surface area contributed by atoms with Crippen molar-refractivity contribution in [3.63, 3.8) is 0 Å². The molecule has 0 fully saturated rings. The lowest BCUT2D eigenvalue weighted by molar-refractivity contribution is 0.0652. The van der Waals surface area contributed by atoms with Crippen molar-refractivity contribution in [2.24, 2.45) is 0 Å². The molecule has 0 radical (unpaired) electrons. The predicted octanol–water partition coefficient (Wildman–Crippen LogP) is 2.54. The molecule has 104 valence electrons. The Morgan fingerprint density at radius 2 is 2.25 bits per heavy atom. The molecule has 20 heavy (non-hydrogen) atoms. The molecule has 8 heteroatoms. The molecular formula is C12H8BrNO6. The third-order valence-corrected chi connectivity index (χ3v) is 3.34. The number of carboxylic acids is 1. The largest absolute Gasteiger partial charge is 0.495 e. The van der Waals surface area contributed by atoms with Crippen LogP contribution in [-0.2, 0) is 0 Å². The van der Waals surface area contributed by atoms with Crippen LogP contribution in [0.2, 0.25) is 0 Å². The van der Waals surface area contributed by atoms with Gasteiger partial charge in [-0.15, -0.1) is 0 Å². The standard InChI is InChI=1S/C12H8BrNO6/c1-17-10-5(13)2-7-11(19-4-18-7)9(10)6-3-8(12(15)16)20-14-6/h2-3H,4H2,1H3,(H,15,16). The van der Waals surface area contributed by atoms with Crippen LogP contribution in [0.3, 0.4) is 0 Å². The molecule has 1 aromatic heterocycles. The Labute approximate surface area is 121 Å². The molecule has 0 aliphatic carbocycles. The molecule has 2 aromatic rings. The van der Waals surface area contributed by atoms with Gasteiger partial charge < -0.3 is 23.8 Å². The smallest absolute Gasteiger partial charge is 0.374 e. The molecule has 1 aliphatic heterocycles. The van der Waals surface area contributed by atoms with Crippen LogP contribution < -0.4 is 14.2 Å². The zero-order valence-electron chi connectivity index (χ0n) is 10.2. The summed E-state index contributed by atoms with van der Waals surface area (Å²) in [6.07, 6.45) is 0. The molecule has 0 saturated carbocycles.